The van der Waals surface area contributed by atoms with Gasteiger partial charge in [-0.3, -0.25) is 9.59 Å². The van der Waals surface area contributed by atoms with Gasteiger partial charge in [0.15, 0.2) is 0 Å². The van der Waals surface area contributed by atoms with Crippen molar-refractivity contribution >= 4 is 17.5 Å². The van der Waals surface area contributed by atoms with E-state index in [9.17, 15) is 9.59 Å². The highest BCUT2D eigenvalue weighted by molar-refractivity contribution is 5.92. The summed E-state index contributed by atoms with van der Waals surface area (Å²) in [5.74, 6) is -0.164. The Bertz CT molecular complexity index is 612. The first-order valence-corrected chi connectivity index (χ1v) is 8.12. The number of allylic oxidation sites excluding steroid dienone is 1. The quantitative estimate of drug-likeness (QED) is 0.566. The van der Waals surface area contributed by atoms with E-state index in [0.29, 0.717) is 13.1 Å². The minimum Gasteiger partial charge on any atom is -0.354 e. The van der Waals surface area contributed by atoms with Gasteiger partial charge in [0, 0.05) is 18.8 Å². The number of nitrogens with one attached hydrogen (secondary N) is 2. The predicted octanol–water partition coefficient (Wildman–Crippen LogP) is 1.81. The number of carbonyl (C=O) groups excluding carboxylic acids is 2. The van der Waals surface area contributed by atoms with Crippen molar-refractivity contribution in [1.82, 2.24) is 10.6 Å². The van der Waals surface area contributed by atoms with Crippen molar-refractivity contribution in [1.29, 1.82) is 0 Å². The van der Waals surface area contributed by atoms with Gasteiger partial charge >= 0.3 is 0 Å². The number of benzene rings is 1. The van der Waals surface area contributed by atoms with E-state index in [2.05, 4.69) is 30.2 Å². The van der Waals surface area contributed by atoms with Crippen molar-refractivity contribution in [3.05, 3.63) is 61.6 Å². The second-order valence-electron chi connectivity index (χ2n) is 5.64. The van der Waals surface area contributed by atoms with Gasteiger partial charge in [0.1, 0.15) is 6.04 Å². The van der Waals surface area contributed by atoms with Crippen LogP contribution in [0.4, 0.5) is 5.69 Å². The van der Waals surface area contributed by atoms with Crippen molar-refractivity contribution < 1.29 is 9.59 Å². The Morgan fingerprint density at radius 1 is 1.38 bits per heavy atom. The second kappa shape index (κ2) is 8.91. The highest BCUT2D eigenvalue weighted by Crippen LogP contribution is 2.21. The molecule has 1 unspecified atom stereocenters. The van der Waals surface area contributed by atoms with Gasteiger partial charge in [0.2, 0.25) is 11.8 Å². The number of piperazine rings is 1. The molecule has 0 aromatic heterocycles. The first-order chi connectivity index (χ1) is 11.7. The van der Waals surface area contributed by atoms with Gasteiger partial charge in [-0.05, 0) is 37.0 Å². The van der Waals surface area contributed by atoms with Gasteiger partial charge in [-0.1, -0.05) is 24.3 Å². The maximum atomic E-state index is 12.5. The maximum Gasteiger partial charge on any atom is 0.244 e. The fourth-order valence-corrected chi connectivity index (χ4v) is 2.61. The van der Waals surface area contributed by atoms with Crippen LogP contribution >= 0.6 is 0 Å². The number of rotatable bonds is 8. The molecule has 0 aliphatic carbocycles. The molecule has 1 heterocycles. The predicted molar refractivity (Wildman–Crippen MR) is 96.6 cm³/mol. The molecule has 1 aromatic carbocycles. The van der Waals surface area contributed by atoms with Crippen molar-refractivity contribution in [2.24, 2.45) is 0 Å². The van der Waals surface area contributed by atoms with Crippen LogP contribution in [0.3, 0.4) is 0 Å². The number of nitrogens with zero attached hydrogens (tertiary/aromatic N) is 1. The summed E-state index contributed by atoms with van der Waals surface area (Å²) in [7, 11) is 0. The van der Waals surface area contributed by atoms with Crippen molar-refractivity contribution in [2.75, 3.05) is 24.5 Å². The lowest BCUT2D eigenvalue weighted by atomic mass is 10.1. The number of amides is 2. The van der Waals surface area contributed by atoms with Crippen LogP contribution in [0.2, 0.25) is 0 Å². The largest absolute Gasteiger partial charge is 0.354 e. The molecule has 5 heteroatoms. The van der Waals surface area contributed by atoms with E-state index in [1.165, 1.54) is 0 Å². The van der Waals surface area contributed by atoms with Crippen LogP contribution in [0.5, 0.6) is 0 Å². The molecular formula is C19H24N3O2. The summed E-state index contributed by atoms with van der Waals surface area (Å²) in [6.07, 6.45) is 7.14. The lowest BCUT2D eigenvalue weighted by Crippen LogP contribution is -2.60. The van der Waals surface area contributed by atoms with Crippen LogP contribution in [0, 0.1) is 6.42 Å². The third kappa shape index (κ3) is 4.72. The third-order valence-electron chi connectivity index (χ3n) is 3.86. The SMILES string of the molecule is C=CC[CH]c1cccc(N2CC(=O)NCC2C(=O)NCCC=C)c1. The van der Waals surface area contributed by atoms with Gasteiger partial charge in [-0.15, -0.1) is 13.2 Å². The highest BCUT2D eigenvalue weighted by Gasteiger charge is 2.32. The minimum absolute atomic E-state index is 0.0781. The standard InChI is InChI=1S/C19H24N3O2/c1-3-5-8-15-9-7-10-16(12-15)22-14-18(23)21-13-17(22)19(24)20-11-6-4-2/h3-4,7-10,12,17H,1-2,5-6,11,13-14H2,(H,20,24)(H,21,23). The summed E-state index contributed by atoms with van der Waals surface area (Å²) < 4.78 is 0. The Morgan fingerprint density at radius 2 is 2.21 bits per heavy atom. The van der Waals surface area contributed by atoms with Crippen molar-refractivity contribution in [2.45, 2.75) is 18.9 Å². The average Bonchev–Trinajstić information content (AvgIpc) is 2.60. The molecule has 2 rings (SSSR count). The maximum absolute atomic E-state index is 12.5. The van der Waals surface area contributed by atoms with E-state index in [0.717, 1.165) is 24.1 Å². The smallest absolute Gasteiger partial charge is 0.244 e. The molecule has 24 heavy (non-hydrogen) atoms. The molecule has 1 saturated heterocycles. The van der Waals surface area contributed by atoms with E-state index >= 15 is 0 Å². The molecule has 2 N–H and O–H groups in total. The Labute approximate surface area is 143 Å². The van der Waals surface area contributed by atoms with E-state index in [-0.39, 0.29) is 18.4 Å². The monoisotopic (exact) mass is 326 g/mol. The summed E-state index contributed by atoms with van der Waals surface area (Å²) in [5, 5.41) is 5.66. The van der Waals surface area contributed by atoms with Crippen LogP contribution in [-0.2, 0) is 9.59 Å². The molecule has 2 amide bonds. The molecule has 1 atom stereocenters. The summed E-state index contributed by atoms with van der Waals surface area (Å²) in [4.78, 5) is 26.1. The second-order valence-corrected chi connectivity index (χ2v) is 5.64. The van der Waals surface area contributed by atoms with Crippen molar-refractivity contribution in [3.8, 4) is 0 Å². The molecular weight excluding hydrogens is 302 g/mol. The first kappa shape index (κ1) is 17.8. The number of carbonyl (C=O) groups is 2. The molecule has 1 fully saturated rings. The fraction of sp³-hybridized carbons (Fsp3) is 0.316. The molecule has 1 aliphatic heterocycles. The number of hydrogen-bond donors (Lipinski definition) is 2. The first-order valence-electron chi connectivity index (χ1n) is 8.12. The molecule has 1 radical (unpaired) electrons. The van der Waals surface area contributed by atoms with Gasteiger partial charge < -0.3 is 15.5 Å². The molecule has 0 spiro atoms. The van der Waals surface area contributed by atoms with E-state index in [4.69, 9.17) is 0 Å². The molecule has 127 valence electrons. The average molecular weight is 326 g/mol. The molecule has 1 aliphatic rings. The molecule has 0 saturated carbocycles. The Morgan fingerprint density at radius 3 is 2.96 bits per heavy atom. The molecule has 1 aromatic rings. The lowest BCUT2D eigenvalue weighted by molar-refractivity contribution is -0.125. The van der Waals surface area contributed by atoms with Crippen LogP contribution < -0.4 is 15.5 Å². The zero-order chi connectivity index (χ0) is 17.4. The Balaban J connectivity index is 2.15. The van der Waals surface area contributed by atoms with E-state index in [1.807, 2.05) is 35.2 Å². The topological polar surface area (TPSA) is 61.4 Å². The zero-order valence-corrected chi connectivity index (χ0v) is 13.8. The van der Waals surface area contributed by atoms with Crippen LogP contribution in [0.1, 0.15) is 18.4 Å². The normalized spacial score (nSPS) is 17.1. The summed E-state index contributed by atoms with van der Waals surface area (Å²) in [5.41, 5.74) is 1.91. The minimum atomic E-state index is -0.415. The van der Waals surface area contributed by atoms with Crippen LogP contribution in [0.15, 0.2) is 49.6 Å². The Kier molecular flexibility index (Phi) is 6.61. The molecule has 0 bridgehead atoms. The molecule has 5 nitrogen and oxygen atoms in total. The van der Waals surface area contributed by atoms with Crippen LogP contribution in [0.25, 0.3) is 0 Å². The highest BCUT2D eigenvalue weighted by atomic mass is 16.2. The zero-order valence-electron chi connectivity index (χ0n) is 13.8. The van der Waals surface area contributed by atoms with E-state index in [1.54, 1.807) is 6.08 Å². The van der Waals surface area contributed by atoms with Gasteiger partial charge in [-0.25, -0.2) is 0 Å². The Hall–Kier alpha value is -2.56. The van der Waals surface area contributed by atoms with Gasteiger partial charge in [0.25, 0.3) is 0 Å². The fourth-order valence-electron chi connectivity index (χ4n) is 2.61. The number of anilines is 1. The third-order valence-corrected chi connectivity index (χ3v) is 3.86. The summed E-state index contributed by atoms with van der Waals surface area (Å²) in [6, 6.07) is 7.43. The summed E-state index contributed by atoms with van der Waals surface area (Å²) in [6.45, 7) is 8.39. The van der Waals surface area contributed by atoms with Crippen molar-refractivity contribution in [3.63, 3.8) is 0 Å². The lowest BCUT2D eigenvalue weighted by Gasteiger charge is -2.36. The van der Waals surface area contributed by atoms with Crippen LogP contribution in [-0.4, -0.2) is 37.5 Å². The summed E-state index contributed by atoms with van der Waals surface area (Å²) >= 11 is 0. The van der Waals surface area contributed by atoms with E-state index < -0.39 is 6.04 Å². The number of hydrogen-bond acceptors (Lipinski definition) is 3. The van der Waals surface area contributed by atoms with Gasteiger partial charge in [0.05, 0.1) is 6.54 Å². The van der Waals surface area contributed by atoms with Gasteiger partial charge in [-0.2, -0.15) is 0 Å².